The molecule has 1 atom stereocenters. The van der Waals surface area contributed by atoms with E-state index in [0.717, 1.165) is 11.1 Å². The van der Waals surface area contributed by atoms with Crippen molar-refractivity contribution >= 4 is 39.1 Å². The Morgan fingerprint density at radius 1 is 0.768 bits per heavy atom. The molecule has 0 bridgehead atoms. The van der Waals surface area contributed by atoms with Gasteiger partial charge in [-0.2, -0.15) is 0 Å². The van der Waals surface area contributed by atoms with Gasteiger partial charge in [0.2, 0.25) is 5.82 Å². The van der Waals surface area contributed by atoms with E-state index in [1.807, 2.05) is 67.9 Å². The van der Waals surface area contributed by atoms with Crippen LogP contribution < -0.4 is 15.7 Å². The number of carbonyl (C=O) groups excluding carboxylic acids is 2. The molecule has 9 nitrogen and oxygen atoms in total. The fourth-order valence-corrected chi connectivity index (χ4v) is 12.2. The average Bonchev–Trinajstić information content (AvgIpc) is 3.53. The zero-order chi connectivity index (χ0) is 41.4. The molecule has 1 heterocycles. The lowest BCUT2D eigenvalue weighted by Crippen LogP contribution is -2.66. The minimum atomic E-state index is -2.77. The normalized spacial score (nSPS) is 13.3. The molecule has 56 heavy (non-hydrogen) atoms. The largest absolute Gasteiger partial charge is 0.460 e. The van der Waals surface area contributed by atoms with E-state index < -0.39 is 34.3 Å². The summed E-state index contributed by atoms with van der Waals surface area (Å²) < 4.78 is 26.5. The van der Waals surface area contributed by atoms with Crippen LogP contribution in [0, 0.1) is 0 Å². The van der Waals surface area contributed by atoms with E-state index in [1.165, 1.54) is 10.4 Å². The van der Waals surface area contributed by atoms with E-state index in [1.54, 1.807) is 6.92 Å². The van der Waals surface area contributed by atoms with Crippen LogP contribution in [0.2, 0.25) is 23.2 Å². The van der Waals surface area contributed by atoms with Crippen LogP contribution in [-0.2, 0) is 31.3 Å². The van der Waals surface area contributed by atoms with Gasteiger partial charge in [0.15, 0.2) is 8.32 Å². The number of esters is 1. The first-order chi connectivity index (χ1) is 26.2. The first-order valence-electron chi connectivity index (χ1n) is 19.9. The summed E-state index contributed by atoms with van der Waals surface area (Å²) >= 11 is 0. The van der Waals surface area contributed by atoms with E-state index in [0.29, 0.717) is 38.3 Å². The molecule has 0 aliphatic rings. The quantitative estimate of drug-likeness (QED) is 0.0892. The van der Waals surface area contributed by atoms with Crippen molar-refractivity contribution in [2.75, 3.05) is 19.8 Å². The summed E-state index contributed by atoms with van der Waals surface area (Å²) in [5.41, 5.74) is 1.95. The van der Waals surface area contributed by atoms with Gasteiger partial charge in [0, 0.05) is 31.0 Å². The summed E-state index contributed by atoms with van der Waals surface area (Å²) in [7, 11) is -4.73. The minimum Gasteiger partial charge on any atom is -0.460 e. The maximum atomic E-state index is 13.2. The average molecular weight is 800 g/mol. The molecule has 0 saturated carbocycles. The number of imidazole rings is 1. The summed E-state index contributed by atoms with van der Waals surface area (Å²) in [6.07, 6.45) is 2.58. The standard InChI is InChI=1S/C45H65N3O6Si2/c1-13-51-41(49)40-47-39(33-48(40)29-31-52-55(11,12)44(5,6)7)35-26-24-34(25-27-35)32-36(46-42(50)54-43(2,3)4)28-30-53-56(45(8,9)10,37-20-16-14-17-21-37)38-22-18-15-19-23-38/h14-27,33,36H,13,28-32H2,1-12H3,(H,46,50)/t36-/m1/s1. The Bertz CT molecular complexity index is 1820. The smallest absolute Gasteiger partial charge is 0.407 e. The Labute approximate surface area is 337 Å². The predicted octanol–water partition coefficient (Wildman–Crippen LogP) is 9.15. The summed E-state index contributed by atoms with van der Waals surface area (Å²) in [4.78, 5) is 30.8. The zero-order valence-electron chi connectivity index (χ0n) is 35.8. The number of alkyl carbamates (subject to hydrolysis) is 1. The molecule has 0 aliphatic carbocycles. The van der Waals surface area contributed by atoms with Gasteiger partial charge in [-0.3, -0.25) is 0 Å². The summed E-state index contributed by atoms with van der Waals surface area (Å²) in [6.45, 7) is 26.9. The van der Waals surface area contributed by atoms with Gasteiger partial charge in [-0.25, -0.2) is 14.6 Å². The molecule has 0 fully saturated rings. The lowest BCUT2D eigenvalue weighted by Gasteiger charge is -2.43. The fourth-order valence-electron chi connectivity index (χ4n) is 6.61. The maximum absolute atomic E-state index is 13.2. The molecule has 1 N–H and O–H groups in total. The van der Waals surface area contributed by atoms with Gasteiger partial charge in [0.05, 0.1) is 18.9 Å². The molecular formula is C45H65N3O6Si2. The van der Waals surface area contributed by atoms with Gasteiger partial charge in [-0.15, -0.1) is 0 Å². The van der Waals surface area contributed by atoms with Crippen molar-refractivity contribution in [3.8, 4) is 11.3 Å². The molecule has 3 aromatic carbocycles. The number of hydrogen-bond donors (Lipinski definition) is 1. The van der Waals surface area contributed by atoms with Crippen LogP contribution in [0.1, 0.15) is 91.8 Å². The van der Waals surface area contributed by atoms with Crippen LogP contribution in [0.3, 0.4) is 0 Å². The van der Waals surface area contributed by atoms with E-state index in [4.69, 9.17) is 23.3 Å². The van der Waals surface area contributed by atoms with Crippen molar-refractivity contribution in [1.29, 1.82) is 0 Å². The number of benzene rings is 3. The number of carbonyl (C=O) groups is 2. The Balaban J connectivity index is 1.57. The molecule has 4 rings (SSSR count). The van der Waals surface area contributed by atoms with Crippen molar-refractivity contribution in [2.24, 2.45) is 0 Å². The van der Waals surface area contributed by atoms with Crippen LogP contribution in [-0.4, -0.2) is 69.7 Å². The zero-order valence-corrected chi connectivity index (χ0v) is 37.8. The Hall–Kier alpha value is -4.04. The lowest BCUT2D eigenvalue weighted by molar-refractivity contribution is 0.0490. The molecule has 11 heteroatoms. The second-order valence-electron chi connectivity index (χ2n) is 18.0. The molecule has 1 amide bonds. The summed E-state index contributed by atoms with van der Waals surface area (Å²) in [5.74, 6) is -0.202. The third-order valence-corrected chi connectivity index (χ3v) is 20.1. The van der Waals surface area contributed by atoms with E-state index in [-0.39, 0.29) is 28.5 Å². The van der Waals surface area contributed by atoms with Crippen LogP contribution in [0.15, 0.2) is 91.1 Å². The number of nitrogens with one attached hydrogen (secondary N) is 1. The topological polar surface area (TPSA) is 101 Å². The molecule has 0 aliphatic heterocycles. The van der Waals surface area contributed by atoms with Crippen molar-refractivity contribution < 1.29 is 27.9 Å². The Morgan fingerprint density at radius 2 is 1.34 bits per heavy atom. The highest BCUT2D eigenvalue weighted by atomic mass is 28.4. The Morgan fingerprint density at radius 3 is 1.84 bits per heavy atom. The molecule has 0 radical (unpaired) electrons. The molecular weight excluding hydrogens is 735 g/mol. The van der Waals surface area contributed by atoms with E-state index in [2.05, 4.69) is 108 Å². The third kappa shape index (κ3) is 11.5. The SMILES string of the molecule is CCOC(=O)c1nc(-c2ccc(C[C@@H](CCO[Si](c3ccccc3)(c3ccccc3)C(C)(C)C)NC(=O)OC(C)(C)C)cc2)cn1CCO[Si](C)(C)C(C)(C)C. The highest BCUT2D eigenvalue weighted by Gasteiger charge is 2.50. The first kappa shape index (κ1) is 44.7. The number of amides is 1. The predicted molar refractivity (Wildman–Crippen MR) is 232 cm³/mol. The number of rotatable bonds is 16. The highest BCUT2D eigenvalue weighted by Crippen LogP contribution is 2.38. The molecule has 0 unspecified atom stereocenters. The van der Waals surface area contributed by atoms with E-state index >= 15 is 0 Å². The molecule has 304 valence electrons. The second kappa shape index (κ2) is 18.5. The van der Waals surface area contributed by atoms with Crippen LogP contribution >= 0.6 is 0 Å². The number of nitrogens with zero attached hydrogens (tertiary/aromatic N) is 2. The van der Waals surface area contributed by atoms with Crippen molar-refractivity contribution in [3.05, 3.63) is 103 Å². The van der Waals surface area contributed by atoms with Gasteiger partial charge in [-0.1, -0.05) is 126 Å². The summed E-state index contributed by atoms with van der Waals surface area (Å²) in [6, 6.07) is 29.0. The maximum Gasteiger partial charge on any atom is 0.407 e. The van der Waals surface area contributed by atoms with Gasteiger partial charge in [-0.05, 0) is 79.6 Å². The van der Waals surface area contributed by atoms with Crippen molar-refractivity contribution in [3.63, 3.8) is 0 Å². The molecule has 1 aromatic heterocycles. The van der Waals surface area contributed by atoms with Crippen molar-refractivity contribution in [2.45, 2.75) is 123 Å². The van der Waals surface area contributed by atoms with Gasteiger partial charge in [0.1, 0.15) is 5.60 Å². The number of hydrogen-bond acceptors (Lipinski definition) is 7. The van der Waals surface area contributed by atoms with Gasteiger partial charge >= 0.3 is 12.1 Å². The third-order valence-electron chi connectivity index (χ3n) is 10.5. The minimum absolute atomic E-state index is 0.0797. The first-order valence-corrected chi connectivity index (χ1v) is 24.7. The van der Waals surface area contributed by atoms with Crippen LogP contribution in [0.25, 0.3) is 11.3 Å². The number of aromatic nitrogens is 2. The number of ether oxygens (including phenoxy) is 2. The second-order valence-corrected chi connectivity index (χ2v) is 27.1. The van der Waals surface area contributed by atoms with Crippen LogP contribution in [0.4, 0.5) is 4.79 Å². The molecule has 0 saturated heterocycles. The van der Waals surface area contributed by atoms with E-state index in [9.17, 15) is 9.59 Å². The fraction of sp³-hybridized carbons (Fsp3) is 0.489. The summed E-state index contributed by atoms with van der Waals surface area (Å²) in [5, 5.41) is 5.48. The Kier molecular flexibility index (Phi) is 14.7. The van der Waals surface area contributed by atoms with Crippen LogP contribution in [0.5, 0.6) is 0 Å². The van der Waals surface area contributed by atoms with Crippen molar-refractivity contribution in [1.82, 2.24) is 14.9 Å². The highest BCUT2D eigenvalue weighted by molar-refractivity contribution is 6.99. The molecule has 0 spiro atoms. The molecule has 4 aromatic rings. The van der Waals surface area contributed by atoms with Gasteiger partial charge < -0.3 is 28.2 Å². The lowest BCUT2D eigenvalue weighted by atomic mass is 10.0. The monoisotopic (exact) mass is 799 g/mol. The van der Waals surface area contributed by atoms with Gasteiger partial charge in [0.25, 0.3) is 8.32 Å².